The molecule has 4 rings (SSSR count). The van der Waals surface area contributed by atoms with E-state index in [1.54, 1.807) is 36.4 Å². The second-order valence-electron chi connectivity index (χ2n) is 7.94. The quantitative estimate of drug-likeness (QED) is 0.693. The minimum absolute atomic E-state index is 0.0649. The van der Waals surface area contributed by atoms with Crippen molar-refractivity contribution in [1.29, 1.82) is 0 Å². The zero-order chi connectivity index (χ0) is 22.7. The predicted molar refractivity (Wildman–Crippen MR) is 121 cm³/mol. The lowest BCUT2D eigenvalue weighted by Gasteiger charge is -2.24. The average Bonchev–Trinajstić information content (AvgIpc) is 3.20. The highest BCUT2D eigenvalue weighted by Gasteiger charge is 2.39. The van der Waals surface area contributed by atoms with Crippen LogP contribution in [0.1, 0.15) is 38.2 Å². The number of anilines is 2. The van der Waals surface area contributed by atoms with Crippen LogP contribution in [-0.2, 0) is 26.0 Å². The maximum absolute atomic E-state index is 13.4. The summed E-state index contributed by atoms with van der Waals surface area (Å²) in [5.41, 5.74) is 2.03. The molecular weight excluding hydrogens is 430 g/mol. The van der Waals surface area contributed by atoms with E-state index in [2.05, 4.69) is 10.6 Å². The van der Waals surface area contributed by atoms with E-state index in [9.17, 15) is 18.0 Å². The first kappa shape index (κ1) is 22.3. The Bertz CT molecular complexity index is 1110. The fraction of sp³-hybridized carbons (Fsp3) is 0.391. The predicted octanol–water partition coefficient (Wildman–Crippen LogP) is 3.15. The number of hydrogen-bond donors (Lipinski definition) is 2. The number of carbonyl (C=O) groups is 2. The maximum Gasteiger partial charge on any atom is 0.243 e. The van der Waals surface area contributed by atoms with Gasteiger partial charge in [0.15, 0.2) is 0 Å². The molecule has 2 heterocycles. The summed E-state index contributed by atoms with van der Waals surface area (Å²) in [6.45, 7) is 2.73. The number of benzene rings is 2. The van der Waals surface area contributed by atoms with Crippen molar-refractivity contribution in [2.24, 2.45) is 0 Å². The normalized spacial score (nSPS) is 19.0. The fourth-order valence-corrected chi connectivity index (χ4v) is 5.87. The number of ether oxygens (including phenoxy) is 1. The highest BCUT2D eigenvalue weighted by atomic mass is 32.2. The lowest BCUT2D eigenvalue weighted by atomic mass is 10.1. The van der Waals surface area contributed by atoms with Gasteiger partial charge in [0.1, 0.15) is 11.8 Å². The van der Waals surface area contributed by atoms with Crippen molar-refractivity contribution < 1.29 is 22.7 Å². The lowest BCUT2D eigenvalue weighted by Crippen LogP contribution is -2.43. The van der Waals surface area contributed by atoms with Crippen LogP contribution in [0.3, 0.4) is 0 Å². The summed E-state index contributed by atoms with van der Waals surface area (Å²) in [6, 6.07) is 11.0. The smallest absolute Gasteiger partial charge is 0.243 e. The van der Waals surface area contributed by atoms with Crippen LogP contribution in [-0.4, -0.2) is 43.7 Å². The molecule has 0 spiro atoms. The third-order valence-electron chi connectivity index (χ3n) is 5.75. The Labute approximate surface area is 188 Å². The van der Waals surface area contributed by atoms with E-state index in [0.29, 0.717) is 55.8 Å². The van der Waals surface area contributed by atoms with Gasteiger partial charge >= 0.3 is 0 Å². The summed E-state index contributed by atoms with van der Waals surface area (Å²) in [5.74, 6) is 0.289. The Kier molecular flexibility index (Phi) is 6.48. The first-order chi connectivity index (χ1) is 15.4. The molecule has 2 aliphatic rings. The molecule has 0 bridgehead atoms. The number of hydrogen-bond acceptors (Lipinski definition) is 5. The highest BCUT2D eigenvalue weighted by molar-refractivity contribution is 7.89. The molecule has 2 aromatic rings. The maximum atomic E-state index is 13.4. The van der Waals surface area contributed by atoms with Crippen molar-refractivity contribution in [3.05, 3.63) is 48.0 Å². The van der Waals surface area contributed by atoms with E-state index in [-0.39, 0.29) is 23.3 Å². The summed E-state index contributed by atoms with van der Waals surface area (Å²) < 4.78 is 33.5. The molecule has 9 heteroatoms. The van der Waals surface area contributed by atoms with Crippen molar-refractivity contribution in [2.75, 3.05) is 23.8 Å². The summed E-state index contributed by atoms with van der Waals surface area (Å²) in [5, 5.41) is 5.64. The monoisotopic (exact) mass is 457 g/mol. The molecule has 0 radical (unpaired) electrons. The number of aryl methyl sites for hydroxylation is 1. The Morgan fingerprint density at radius 3 is 2.69 bits per heavy atom. The van der Waals surface area contributed by atoms with Crippen molar-refractivity contribution in [2.45, 2.75) is 50.0 Å². The fourth-order valence-electron chi connectivity index (χ4n) is 4.16. The molecule has 1 saturated heterocycles. The molecule has 1 atom stereocenters. The molecule has 2 N–H and O–H groups in total. The Morgan fingerprint density at radius 1 is 1.16 bits per heavy atom. The van der Waals surface area contributed by atoms with Gasteiger partial charge in [0.25, 0.3) is 0 Å². The largest absolute Gasteiger partial charge is 0.494 e. The Morgan fingerprint density at radius 2 is 1.94 bits per heavy atom. The Hall–Kier alpha value is -2.91. The van der Waals surface area contributed by atoms with Gasteiger partial charge in [-0.25, -0.2) is 8.42 Å². The third kappa shape index (κ3) is 4.63. The summed E-state index contributed by atoms with van der Waals surface area (Å²) in [6.07, 6.45) is 2.78. The van der Waals surface area contributed by atoms with Crippen molar-refractivity contribution in [3.63, 3.8) is 0 Å². The highest BCUT2D eigenvalue weighted by Crippen LogP contribution is 2.31. The standard InChI is InChI=1S/C23H27N3O5S/c1-2-31-18-10-8-17(9-11-18)24-23(28)21-6-4-14-26(21)32(29,30)19-12-13-20-16(15-19)5-3-7-22(27)25-20/h8-13,15,21H,2-7,14H2,1H3,(H,24,28)(H,25,27). The van der Waals surface area contributed by atoms with Crippen molar-refractivity contribution in [1.82, 2.24) is 4.31 Å². The number of carbonyl (C=O) groups excluding carboxylic acids is 2. The molecule has 170 valence electrons. The molecule has 1 unspecified atom stereocenters. The van der Waals surface area contributed by atoms with Gasteiger partial charge in [0.05, 0.1) is 11.5 Å². The lowest BCUT2D eigenvalue weighted by molar-refractivity contribution is -0.119. The molecule has 2 aromatic carbocycles. The number of nitrogens with zero attached hydrogens (tertiary/aromatic N) is 1. The van der Waals surface area contributed by atoms with E-state index < -0.39 is 16.1 Å². The number of rotatable bonds is 6. The molecule has 2 aliphatic heterocycles. The van der Waals surface area contributed by atoms with Gasteiger partial charge in [-0.3, -0.25) is 9.59 Å². The van der Waals surface area contributed by atoms with E-state index >= 15 is 0 Å². The second kappa shape index (κ2) is 9.30. The molecule has 2 amide bonds. The number of amides is 2. The van der Waals surface area contributed by atoms with Gasteiger partial charge in [0, 0.05) is 24.3 Å². The van der Waals surface area contributed by atoms with Gasteiger partial charge in [0.2, 0.25) is 21.8 Å². The molecule has 0 saturated carbocycles. The molecule has 8 nitrogen and oxygen atoms in total. The Balaban J connectivity index is 1.52. The van der Waals surface area contributed by atoms with E-state index in [4.69, 9.17) is 4.74 Å². The minimum Gasteiger partial charge on any atom is -0.494 e. The van der Waals surface area contributed by atoms with Gasteiger partial charge in [-0.1, -0.05) is 0 Å². The van der Waals surface area contributed by atoms with Crippen LogP contribution in [0.5, 0.6) is 5.75 Å². The van der Waals surface area contributed by atoms with Gasteiger partial charge in [-0.2, -0.15) is 4.31 Å². The molecule has 0 aliphatic carbocycles. The van der Waals surface area contributed by atoms with Crippen LogP contribution in [0, 0.1) is 0 Å². The molecule has 0 aromatic heterocycles. The van der Waals surface area contributed by atoms with Gasteiger partial charge in [-0.05, 0) is 80.6 Å². The number of sulfonamides is 1. The zero-order valence-corrected chi connectivity index (χ0v) is 18.8. The van der Waals surface area contributed by atoms with Crippen LogP contribution >= 0.6 is 0 Å². The minimum atomic E-state index is -3.86. The summed E-state index contributed by atoms with van der Waals surface area (Å²) >= 11 is 0. The van der Waals surface area contributed by atoms with Gasteiger partial charge in [-0.15, -0.1) is 0 Å². The first-order valence-corrected chi connectivity index (χ1v) is 12.3. The number of fused-ring (bicyclic) bond motifs is 1. The topological polar surface area (TPSA) is 105 Å². The van der Waals surface area contributed by atoms with Crippen LogP contribution in [0.2, 0.25) is 0 Å². The molecular formula is C23H27N3O5S. The number of nitrogens with one attached hydrogen (secondary N) is 2. The van der Waals surface area contributed by atoms with Crippen LogP contribution in [0.25, 0.3) is 0 Å². The second-order valence-corrected chi connectivity index (χ2v) is 9.83. The third-order valence-corrected chi connectivity index (χ3v) is 7.65. The van der Waals surface area contributed by atoms with Crippen molar-refractivity contribution >= 4 is 33.2 Å². The SMILES string of the molecule is CCOc1ccc(NC(=O)C2CCCN2S(=O)(=O)c2ccc3c(c2)CCCC(=O)N3)cc1. The van der Waals surface area contributed by atoms with Crippen LogP contribution in [0.4, 0.5) is 11.4 Å². The van der Waals surface area contributed by atoms with Crippen LogP contribution in [0.15, 0.2) is 47.4 Å². The van der Waals surface area contributed by atoms with Crippen LogP contribution < -0.4 is 15.4 Å². The van der Waals surface area contributed by atoms with Gasteiger partial charge < -0.3 is 15.4 Å². The van der Waals surface area contributed by atoms with E-state index in [0.717, 1.165) is 5.56 Å². The van der Waals surface area contributed by atoms with E-state index in [1.807, 2.05) is 6.92 Å². The van der Waals surface area contributed by atoms with E-state index in [1.165, 1.54) is 10.4 Å². The summed E-state index contributed by atoms with van der Waals surface area (Å²) in [4.78, 5) is 24.8. The molecule has 32 heavy (non-hydrogen) atoms. The van der Waals surface area contributed by atoms with Crippen molar-refractivity contribution in [3.8, 4) is 5.75 Å². The first-order valence-electron chi connectivity index (χ1n) is 10.9. The molecule has 1 fully saturated rings. The zero-order valence-electron chi connectivity index (χ0n) is 18.0. The average molecular weight is 458 g/mol. The summed E-state index contributed by atoms with van der Waals surface area (Å²) in [7, 11) is -3.86.